The van der Waals surface area contributed by atoms with Crippen LogP contribution in [0.4, 0.5) is 5.69 Å². The Balaban J connectivity index is 1.53. The van der Waals surface area contributed by atoms with Gasteiger partial charge in [-0.3, -0.25) is 4.79 Å². The Morgan fingerprint density at radius 1 is 1.12 bits per heavy atom. The number of aryl methyl sites for hydroxylation is 1. The number of aliphatic hydroxyl groups excluding tert-OH is 1. The number of anilines is 1. The number of allylic oxidation sites excluding steroid dienone is 1. The van der Waals surface area contributed by atoms with Crippen molar-refractivity contribution in [3.05, 3.63) is 70.3 Å². The third-order valence-electron chi connectivity index (χ3n) is 9.56. The highest BCUT2D eigenvalue weighted by Crippen LogP contribution is 2.41. The molecular formula is C34H45ClN2O5S. The number of ether oxygens (including phenoxy) is 1. The van der Waals surface area contributed by atoms with Crippen molar-refractivity contribution in [3.8, 4) is 5.75 Å². The minimum Gasteiger partial charge on any atom is -0.487 e. The highest BCUT2D eigenvalue weighted by Gasteiger charge is 2.37. The van der Waals surface area contributed by atoms with E-state index in [9.17, 15) is 18.3 Å². The van der Waals surface area contributed by atoms with E-state index in [0.717, 1.165) is 69.3 Å². The minimum atomic E-state index is -3.94. The highest BCUT2D eigenvalue weighted by atomic mass is 35.5. The molecule has 234 valence electrons. The summed E-state index contributed by atoms with van der Waals surface area (Å²) in [6, 6.07) is 11.1. The van der Waals surface area contributed by atoms with Crippen molar-refractivity contribution in [1.82, 2.24) is 4.72 Å². The Kier molecular flexibility index (Phi) is 10.4. The third kappa shape index (κ3) is 7.58. The van der Waals surface area contributed by atoms with Gasteiger partial charge in [0.15, 0.2) is 0 Å². The molecule has 2 aromatic carbocycles. The van der Waals surface area contributed by atoms with Gasteiger partial charge < -0.3 is 14.7 Å². The van der Waals surface area contributed by atoms with Crippen LogP contribution in [0.15, 0.2) is 48.6 Å². The molecule has 1 amide bonds. The predicted molar refractivity (Wildman–Crippen MR) is 172 cm³/mol. The molecule has 2 aromatic rings. The van der Waals surface area contributed by atoms with Crippen LogP contribution < -0.4 is 14.4 Å². The number of sulfonamides is 1. The van der Waals surface area contributed by atoms with Gasteiger partial charge in [0.25, 0.3) is 5.91 Å². The van der Waals surface area contributed by atoms with E-state index >= 15 is 0 Å². The number of hydrogen-bond donors (Lipinski definition) is 2. The highest BCUT2D eigenvalue weighted by molar-refractivity contribution is 7.90. The lowest BCUT2D eigenvalue weighted by atomic mass is 9.70. The summed E-state index contributed by atoms with van der Waals surface area (Å²) < 4.78 is 36.0. The van der Waals surface area contributed by atoms with E-state index in [-0.39, 0.29) is 17.4 Å². The number of rotatable bonds is 3. The van der Waals surface area contributed by atoms with E-state index in [1.807, 2.05) is 44.2 Å². The lowest BCUT2D eigenvalue weighted by Gasteiger charge is -2.42. The summed E-state index contributed by atoms with van der Waals surface area (Å²) in [6.45, 7) is 5.78. The zero-order valence-corrected chi connectivity index (χ0v) is 26.9. The third-order valence-corrected chi connectivity index (χ3v) is 11.8. The average Bonchev–Trinajstić information content (AvgIpc) is 2.97. The Hall–Kier alpha value is -2.55. The Bertz CT molecular complexity index is 1430. The molecule has 2 aliphatic heterocycles. The number of benzene rings is 2. The van der Waals surface area contributed by atoms with Gasteiger partial charge in [-0.25, -0.2) is 13.1 Å². The number of fused-ring (bicyclic) bond motifs is 3. The fraction of sp³-hybridized carbons (Fsp3) is 0.559. The zero-order valence-electron chi connectivity index (χ0n) is 25.3. The zero-order chi connectivity index (χ0) is 30.6. The molecule has 2 N–H and O–H groups in total. The number of carbonyl (C=O) groups is 1. The lowest BCUT2D eigenvalue weighted by molar-refractivity contribution is 0.0461. The van der Waals surface area contributed by atoms with E-state index in [4.69, 9.17) is 16.3 Å². The molecule has 43 heavy (non-hydrogen) atoms. The number of unbranched alkanes of at least 4 members (excludes halogenated alkanes) is 1. The van der Waals surface area contributed by atoms with E-state index in [2.05, 4.69) is 9.62 Å². The smallest absolute Gasteiger partial charge is 0.264 e. The number of halogens is 1. The molecule has 2 bridgehead atoms. The summed E-state index contributed by atoms with van der Waals surface area (Å²) in [4.78, 5) is 15.8. The number of aliphatic hydroxyl groups is 1. The molecule has 5 rings (SSSR count). The SMILES string of the molecule is CCCC[C@H]1[C@@H](C)C/C=C\[C@@H](O)[C@@H]2CC[C@H]2CN2CCCCc3cc(Cl)ccc3COc3ccc(cc32)C(=O)NS1(=O)=O. The minimum absolute atomic E-state index is 0.138. The van der Waals surface area contributed by atoms with Crippen LogP contribution in [0.5, 0.6) is 5.75 Å². The van der Waals surface area contributed by atoms with Crippen LogP contribution in [0.3, 0.4) is 0 Å². The van der Waals surface area contributed by atoms with Crippen molar-refractivity contribution in [1.29, 1.82) is 0 Å². The van der Waals surface area contributed by atoms with Gasteiger partial charge in [-0.05, 0) is 104 Å². The summed E-state index contributed by atoms with van der Waals surface area (Å²) in [5.74, 6) is 0.257. The summed E-state index contributed by atoms with van der Waals surface area (Å²) in [5, 5.41) is 11.1. The second-order valence-corrected chi connectivity index (χ2v) is 14.9. The molecule has 1 aliphatic carbocycles. The molecular weight excluding hydrogens is 584 g/mol. The predicted octanol–water partition coefficient (Wildman–Crippen LogP) is 6.66. The molecule has 5 atom stereocenters. The maximum Gasteiger partial charge on any atom is 0.264 e. The fourth-order valence-electron chi connectivity index (χ4n) is 6.78. The molecule has 7 nitrogen and oxygen atoms in total. The summed E-state index contributed by atoms with van der Waals surface area (Å²) in [5.41, 5.74) is 3.32. The molecule has 2 heterocycles. The summed E-state index contributed by atoms with van der Waals surface area (Å²) >= 11 is 6.32. The average molecular weight is 629 g/mol. The van der Waals surface area contributed by atoms with Gasteiger partial charge in [0.1, 0.15) is 12.4 Å². The molecule has 0 aromatic heterocycles. The molecule has 3 aliphatic rings. The number of nitrogens with zero attached hydrogens (tertiary/aromatic N) is 1. The van der Waals surface area contributed by atoms with E-state index in [1.54, 1.807) is 18.2 Å². The van der Waals surface area contributed by atoms with Crippen LogP contribution in [0.1, 0.15) is 86.7 Å². The fourth-order valence-corrected chi connectivity index (χ4v) is 8.70. The summed E-state index contributed by atoms with van der Waals surface area (Å²) in [6.07, 6.45) is 10.6. The largest absolute Gasteiger partial charge is 0.487 e. The molecule has 1 fully saturated rings. The van der Waals surface area contributed by atoms with Crippen LogP contribution >= 0.6 is 11.6 Å². The van der Waals surface area contributed by atoms with E-state index in [1.165, 1.54) is 5.56 Å². The number of amides is 1. The van der Waals surface area contributed by atoms with Crippen LogP contribution in [0.2, 0.25) is 5.02 Å². The van der Waals surface area contributed by atoms with Gasteiger partial charge in [-0.1, -0.05) is 56.5 Å². The van der Waals surface area contributed by atoms with Crippen LogP contribution in [-0.2, 0) is 23.1 Å². The maximum absolute atomic E-state index is 13.6. The second-order valence-electron chi connectivity index (χ2n) is 12.6. The summed E-state index contributed by atoms with van der Waals surface area (Å²) in [7, 11) is -3.94. The van der Waals surface area contributed by atoms with Crippen molar-refractivity contribution >= 4 is 33.2 Å². The molecule has 1 saturated carbocycles. The first-order chi connectivity index (χ1) is 20.7. The van der Waals surface area contributed by atoms with Crippen LogP contribution in [0.25, 0.3) is 0 Å². The van der Waals surface area contributed by atoms with Gasteiger partial charge in [-0.2, -0.15) is 0 Å². The molecule has 0 saturated heterocycles. The van der Waals surface area contributed by atoms with Gasteiger partial charge in [-0.15, -0.1) is 0 Å². The first-order valence-electron chi connectivity index (χ1n) is 15.9. The van der Waals surface area contributed by atoms with Gasteiger partial charge in [0.05, 0.1) is 17.0 Å². The van der Waals surface area contributed by atoms with Gasteiger partial charge in [0.2, 0.25) is 10.0 Å². The van der Waals surface area contributed by atoms with E-state index < -0.39 is 27.3 Å². The number of carbonyl (C=O) groups excluding carboxylic acids is 1. The molecule has 0 unspecified atom stereocenters. The van der Waals surface area contributed by atoms with Crippen molar-refractivity contribution in [2.24, 2.45) is 17.8 Å². The van der Waals surface area contributed by atoms with Gasteiger partial charge in [0, 0.05) is 23.7 Å². The topological polar surface area (TPSA) is 95.9 Å². The van der Waals surface area contributed by atoms with Crippen molar-refractivity contribution < 1.29 is 23.1 Å². The Morgan fingerprint density at radius 3 is 2.72 bits per heavy atom. The molecule has 0 spiro atoms. The lowest BCUT2D eigenvalue weighted by Crippen LogP contribution is -2.43. The standard InChI is InChI=1S/C34H45ClN2O5S/c1-3-4-11-33-23(2)8-7-10-31(38)29-16-13-26(29)21-37-18-6-5-9-24-19-28(35)15-12-27(24)22-42-32-17-14-25(20-30(32)37)34(39)36-43(33,40)41/h7,10,12,14-15,17,19-20,23,26,29,31,33,38H,3-6,8-9,11,13,16,18,21-22H2,1-2H3,(H,36,39)/b10-7-/t23-,26-,29+,31+,33-/m0/s1. The quantitative estimate of drug-likeness (QED) is 0.369. The first-order valence-corrected chi connectivity index (χ1v) is 17.8. The van der Waals surface area contributed by atoms with Crippen LogP contribution in [-0.4, -0.2) is 43.9 Å². The Morgan fingerprint density at radius 2 is 1.95 bits per heavy atom. The maximum atomic E-state index is 13.6. The van der Waals surface area contributed by atoms with Crippen molar-refractivity contribution in [2.75, 3.05) is 18.0 Å². The number of nitrogens with one attached hydrogen (secondary N) is 1. The number of hydrogen-bond acceptors (Lipinski definition) is 6. The molecule has 0 radical (unpaired) electrons. The molecule has 9 heteroatoms. The van der Waals surface area contributed by atoms with E-state index in [0.29, 0.717) is 36.1 Å². The Labute approximate surface area is 261 Å². The van der Waals surface area contributed by atoms with Crippen LogP contribution in [0, 0.1) is 17.8 Å². The van der Waals surface area contributed by atoms with Crippen molar-refractivity contribution in [2.45, 2.75) is 89.6 Å². The second kappa shape index (κ2) is 14.0. The normalized spacial score (nSPS) is 28.6. The first kappa shape index (κ1) is 31.9. The van der Waals surface area contributed by atoms with Crippen molar-refractivity contribution in [3.63, 3.8) is 0 Å². The monoisotopic (exact) mass is 628 g/mol. The van der Waals surface area contributed by atoms with Gasteiger partial charge >= 0.3 is 0 Å².